The Balaban J connectivity index is 2.02. The molecule has 2 heterocycles. The average Bonchev–Trinajstić information content (AvgIpc) is 2.88. The fraction of sp³-hybridized carbons (Fsp3) is 0.714. The summed E-state index contributed by atoms with van der Waals surface area (Å²) in [7, 11) is 2.02. The number of nitrogens with zero attached hydrogens (tertiary/aromatic N) is 1. The summed E-state index contributed by atoms with van der Waals surface area (Å²) >= 11 is 1.94. The highest BCUT2D eigenvalue weighted by Crippen LogP contribution is 2.27. The van der Waals surface area contributed by atoms with Gasteiger partial charge in [0.25, 0.3) is 0 Å². The Morgan fingerprint density at radius 3 is 3.06 bits per heavy atom. The third-order valence-corrected chi connectivity index (χ3v) is 4.86. The minimum Gasteiger partial charge on any atom is -0.315 e. The van der Waals surface area contributed by atoms with Crippen molar-refractivity contribution in [3.63, 3.8) is 0 Å². The van der Waals surface area contributed by atoms with E-state index >= 15 is 0 Å². The fourth-order valence-electron chi connectivity index (χ4n) is 2.79. The Labute approximate surface area is 109 Å². The first kappa shape index (κ1) is 13.1. The van der Waals surface area contributed by atoms with Gasteiger partial charge in [0, 0.05) is 28.9 Å². The summed E-state index contributed by atoms with van der Waals surface area (Å²) in [5, 5.41) is 3.23. The quantitative estimate of drug-likeness (QED) is 0.866. The van der Waals surface area contributed by atoms with Gasteiger partial charge in [0.2, 0.25) is 0 Å². The third-order valence-electron chi connectivity index (χ3n) is 3.77. The van der Waals surface area contributed by atoms with Crippen molar-refractivity contribution in [3.8, 4) is 0 Å². The van der Waals surface area contributed by atoms with E-state index in [-0.39, 0.29) is 0 Å². The maximum absolute atomic E-state index is 3.23. The van der Waals surface area contributed by atoms with E-state index in [9.17, 15) is 0 Å². The van der Waals surface area contributed by atoms with Crippen LogP contribution >= 0.6 is 11.3 Å². The molecule has 1 aromatic heterocycles. The standard InChI is InChI=1S/C14H24N2S/c1-4-13-6-5-7-16(13)10-12-8-14(9-15-3)17-11(12)2/h8,13,15H,4-7,9-10H2,1-3H3. The lowest BCUT2D eigenvalue weighted by Gasteiger charge is -2.23. The van der Waals surface area contributed by atoms with Crippen LogP contribution in [0, 0.1) is 6.92 Å². The van der Waals surface area contributed by atoms with Crippen LogP contribution < -0.4 is 5.32 Å². The van der Waals surface area contributed by atoms with E-state index in [1.807, 2.05) is 18.4 Å². The molecule has 1 atom stereocenters. The predicted octanol–water partition coefficient (Wildman–Crippen LogP) is 3.15. The van der Waals surface area contributed by atoms with E-state index in [4.69, 9.17) is 0 Å². The molecule has 3 heteroatoms. The van der Waals surface area contributed by atoms with Gasteiger partial charge in [0.1, 0.15) is 0 Å². The normalized spacial score (nSPS) is 21.2. The highest BCUT2D eigenvalue weighted by molar-refractivity contribution is 7.12. The molecular weight excluding hydrogens is 228 g/mol. The summed E-state index contributed by atoms with van der Waals surface area (Å²) in [5.41, 5.74) is 1.54. The summed E-state index contributed by atoms with van der Waals surface area (Å²) < 4.78 is 0. The largest absolute Gasteiger partial charge is 0.315 e. The minimum atomic E-state index is 0.821. The van der Waals surface area contributed by atoms with Crippen molar-refractivity contribution in [1.29, 1.82) is 0 Å². The lowest BCUT2D eigenvalue weighted by atomic mass is 10.1. The van der Waals surface area contributed by atoms with E-state index in [1.165, 1.54) is 35.6 Å². The molecule has 0 amide bonds. The monoisotopic (exact) mass is 252 g/mol. The van der Waals surface area contributed by atoms with Crippen LogP contribution in [-0.4, -0.2) is 24.5 Å². The Bertz CT molecular complexity index is 359. The fourth-order valence-corrected chi connectivity index (χ4v) is 3.86. The molecule has 0 saturated carbocycles. The van der Waals surface area contributed by atoms with Crippen molar-refractivity contribution in [3.05, 3.63) is 21.4 Å². The van der Waals surface area contributed by atoms with Crippen molar-refractivity contribution in [1.82, 2.24) is 10.2 Å². The Morgan fingerprint density at radius 1 is 1.53 bits per heavy atom. The van der Waals surface area contributed by atoms with Crippen LogP contribution in [0.3, 0.4) is 0 Å². The van der Waals surface area contributed by atoms with Gasteiger partial charge in [-0.1, -0.05) is 6.92 Å². The molecular formula is C14H24N2S. The number of hydrogen-bond donors (Lipinski definition) is 1. The van der Waals surface area contributed by atoms with Crippen LogP contribution in [0.4, 0.5) is 0 Å². The number of nitrogens with one attached hydrogen (secondary N) is 1. The number of hydrogen-bond acceptors (Lipinski definition) is 3. The van der Waals surface area contributed by atoms with Gasteiger partial charge in [-0.15, -0.1) is 11.3 Å². The van der Waals surface area contributed by atoms with Gasteiger partial charge in [-0.05, 0) is 51.4 Å². The first-order chi connectivity index (χ1) is 8.24. The molecule has 0 radical (unpaired) electrons. The minimum absolute atomic E-state index is 0.821. The van der Waals surface area contributed by atoms with E-state index in [1.54, 1.807) is 5.56 Å². The van der Waals surface area contributed by atoms with Gasteiger partial charge in [0.05, 0.1) is 0 Å². The van der Waals surface area contributed by atoms with Crippen LogP contribution in [-0.2, 0) is 13.1 Å². The molecule has 17 heavy (non-hydrogen) atoms. The van der Waals surface area contributed by atoms with Gasteiger partial charge in [0.15, 0.2) is 0 Å². The molecule has 0 aromatic carbocycles. The lowest BCUT2D eigenvalue weighted by Crippen LogP contribution is -2.28. The van der Waals surface area contributed by atoms with Crippen molar-refractivity contribution in [2.45, 2.75) is 52.2 Å². The summed E-state index contributed by atoms with van der Waals surface area (Å²) in [6, 6.07) is 3.21. The van der Waals surface area contributed by atoms with Crippen LogP contribution in [0.1, 0.15) is 41.5 Å². The second kappa shape index (κ2) is 5.98. The van der Waals surface area contributed by atoms with Crippen LogP contribution in [0.2, 0.25) is 0 Å². The predicted molar refractivity (Wildman–Crippen MR) is 75.5 cm³/mol. The SMILES string of the molecule is CCC1CCCN1Cc1cc(CNC)sc1C. The van der Waals surface area contributed by atoms with Crippen molar-refractivity contribution in [2.75, 3.05) is 13.6 Å². The summed E-state index contributed by atoms with van der Waals surface area (Å²) in [5.74, 6) is 0. The zero-order chi connectivity index (χ0) is 12.3. The third kappa shape index (κ3) is 3.09. The highest BCUT2D eigenvalue weighted by atomic mass is 32.1. The summed E-state index contributed by atoms with van der Waals surface area (Å²) in [4.78, 5) is 5.63. The van der Waals surface area contributed by atoms with Crippen LogP contribution in [0.25, 0.3) is 0 Å². The molecule has 0 aliphatic carbocycles. The molecule has 96 valence electrons. The Hall–Kier alpha value is -0.380. The highest BCUT2D eigenvalue weighted by Gasteiger charge is 2.23. The van der Waals surface area contributed by atoms with Gasteiger partial charge < -0.3 is 5.32 Å². The first-order valence-electron chi connectivity index (χ1n) is 6.71. The molecule has 1 aliphatic rings. The summed E-state index contributed by atoms with van der Waals surface area (Å²) in [6.45, 7) is 8.02. The van der Waals surface area contributed by atoms with Crippen molar-refractivity contribution < 1.29 is 0 Å². The molecule has 1 N–H and O–H groups in total. The lowest BCUT2D eigenvalue weighted by molar-refractivity contribution is 0.240. The number of thiophene rings is 1. The zero-order valence-corrected chi connectivity index (χ0v) is 12.1. The smallest absolute Gasteiger partial charge is 0.0296 e. The zero-order valence-electron chi connectivity index (χ0n) is 11.3. The van der Waals surface area contributed by atoms with Crippen LogP contribution in [0.15, 0.2) is 6.07 Å². The number of likely N-dealkylation sites (tertiary alicyclic amines) is 1. The van der Waals surface area contributed by atoms with Crippen LogP contribution in [0.5, 0.6) is 0 Å². The van der Waals surface area contributed by atoms with Crippen molar-refractivity contribution in [2.24, 2.45) is 0 Å². The second-order valence-electron chi connectivity index (χ2n) is 5.00. The molecule has 2 rings (SSSR count). The molecule has 1 aliphatic heterocycles. The Morgan fingerprint density at radius 2 is 2.35 bits per heavy atom. The van der Waals surface area contributed by atoms with Gasteiger partial charge in [-0.25, -0.2) is 0 Å². The topological polar surface area (TPSA) is 15.3 Å². The molecule has 1 unspecified atom stereocenters. The maximum atomic E-state index is 3.23. The van der Waals surface area contributed by atoms with E-state index < -0.39 is 0 Å². The molecule has 0 bridgehead atoms. The van der Waals surface area contributed by atoms with E-state index in [2.05, 4.69) is 30.1 Å². The number of rotatable bonds is 5. The molecule has 1 saturated heterocycles. The van der Waals surface area contributed by atoms with Gasteiger partial charge in [-0.2, -0.15) is 0 Å². The first-order valence-corrected chi connectivity index (χ1v) is 7.53. The van der Waals surface area contributed by atoms with E-state index in [0.717, 1.165) is 19.1 Å². The molecule has 0 spiro atoms. The molecule has 1 aromatic rings. The Kier molecular flexibility index (Phi) is 4.60. The molecule has 1 fully saturated rings. The average molecular weight is 252 g/mol. The second-order valence-corrected chi connectivity index (χ2v) is 6.34. The number of aryl methyl sites for hydroxylation is 1. The van der Waals surface area contributed by atoms with Gasteiger partial charge in [-0.3, -0.25) is 4.90 Å². The summed E-state index contributed by atoms with van der Waals surface area (Å²) in [6.07, 6.45) is 4.07. The molecule has 2 nitrogen and oxygen atoms in total. The van der Waals surface area contributed by atoms with Gasteiger partial charge >= 0.3 is 0 Å². The maximum Gasteiger partial charge on any atom is 0.0296 e. The van der Waals surface area contributed by atoms with Crippen molar-refractivity contribution >= 4 is 11.3 Å². The van der Waals surface area contributed by atoms with E-state index in [0.29, 0.717) is 0 Å².